The molecule has 162 valence electrons. The van der Waals surface area contributed by atoms with Crippen molar-refractivity contribution in [2.45, 2.75) is 20.0 Å². The molecular formula is C23H18ClFN4O3. The molecule has 0 saturated carbocycles. The molecule has 0 atom stereocenters. The van der Waals surface area contributed by atoms with Crippen LogP contribution in [0.15, 0.2) is 70.4 Å². The Hall–Kier alpha value is -3.78. The van der Waals surface area contributed by atoms with Gasteiger partial charge in [0, 0.05) is 11.2 Å². The molecule has 1 amide bonds. The first-order chi connectivity index (χ1) is 15.3. The zero-order chi connectivity index (χ0) is 22.8. The van der Waals surface area contributed by atoms with Gasteiger partial charge in [0.15, 0.2) is 0 Å². The van der Waals surface area contributed by atoms with E-state index < -0.39 is 29.5 Å². The quantitative estimate of drug-likeness (QED) is 0.503. The lowest BCUT2D eigenvalue weighted by Gasteiger charge is -2.14. The van der Waals surface area contributed by atoms with Crippen molar-refractivity contribution in [2.24, 2.45) is 0 Å². The molecule has 0 radical (unpaired) electrons. The van der Waals surface area contributed by atoms with E-state index in [-0.39, 0.29) is 28.3 Å². The van der Waals surface area contributed by atoms with Crippen molar-refractivity contribution in [3.8, 4) is 0 Å². The van der Waals surface area contributed by atoms with Gasteiger partial charge in [0.2, 0.25) is 5.91 Å². The molecule has 0 spiro atoms. The maximum atomic E-state index is 14.0. The summed E-state index contributed by atoms with van der Waals surface area (Å²) in [5.74, 6) is -1.36. The predicted molar refractivity (Wildman–Crippen MR) is 121 cm³/mol. The van der Waals surface area contributed by atoms with E-state index in [4.69, 9.17) is 11.6 Å². The third-order valence-electron chi connectivity index (χ3n) is 4.95. The normalized spacial score (nSPS) is 11.0. The Kier molecular flexibility index (Phi) is 5.87. The summed E-state index contributed by atoms with van der Waals surface area (Å²) in [6, 6.07) is 14.4. The molecule has 2 heterocycles. The number of fused-ring (bicyclic) bond motifs is 1. The minimum absolute atomic E-state index is 0.0379. The molecule has 0 aliphatic carbocycles. The van der Waals surface area contributed by atoms with Gasteiger partial charge in [0.25, 0.3) is 5.56 Å². The van der Waals surface area contributed by atoms with Crippen LogP contribution < -0.4 is 16.6 Å². The summed E-state index contributed by atoms with van der Waals surface area (Å²) < 4.78 is 16.2. The van der Waals surface area contributed by atoms with Crippen molar-refractivity contribution < 1.29 is 9.18 Å². The molecule has 2 aromatic heterocycles. The lowest BCUT2D eigenvalue weighted by Crippen LogP contribution is -2.42. The minimum atomic E-state index is -0.703. The van der Waals surface area contributed by atoms with Gasteiger partial charge in [-0.25, -0.2) is 14.2 Å². The lowest BCUT2D eigenvalue weighted by molar-refractivity contribution is -0.116. The van der Waals surface area contributed by atoms with Crippen molar-refractivity contribution in [1.29, 1.82) is 0 Å². The number of nitrogens with one attached hydrogen (secondary N) is 1. The van der Waals surface area contributed by atoms with Gasteiger partial charge >= 0.3 is 5.69 Å². The van der Waals surface area contributed by atoms with E-state index in [1.165, 1.54) is 18.3 Å². The van der Waals surface area contributed by atoms with Crippen LogP contribution in [0.25, 0.3) is 11.0 Å². The van der Waals surface area contributed by atoms with Crippen LogP contribution in [-0.4, -0.2) is 20.0 Å². The molecule has 2 aromatic carbocycles. The molecule has 0 bridgehead atoms. The van der Waals surface area contributed by atoms with E-state index in [1.807, 2.05) is 31.2 Å². The maximum absolute atomic E-state index is 14.0. The third kappa shape index (κ3) is 4.31. The van der Waals surface area contributed by atoms with Gasteiger partial charge in [-0.15, -0.1) is 0 Å². The average Bonchev–Trinajstić information content (AvgIpc) is 2.77. The molecule has 0 saturated heterocycles. The second-order valence-electron chi connectivity index (χ2n) is 7.29. The Balaban J connectivity index is 1.74. The molecule has 0 fully saturated rings. The van der Waals surface area contributed by atoms with E-state index in [0.717, 1.165) is 26.3 Å². The Labute approximate surface area is 186 Å². The van der Waals surface area contributed by atoms with Gasteiger partial charge in [0.1, 0.15) is 18.0 Å². The van der Waals surface area contributed by atoms with Crippen molar-refractivity contribution >= 4 is 34.2 Å². The number of pyridine rings is 1. The Morgan fingerprint density at radius 1 is 1.09 bits per heavy atom. The van der Waals surface area contributed by atoms with Crippen LogP contribution in [0.5, 0.6) is 0 Å². The first-order valence-electron chi connectivity index (χ1n) is 9.72. The van der Waals surface area contributed by atoms with Crippen molar-refractivity contribution in [3.05, 3.63) is 104 Å². The largest absolute Gasteiger partial charge is 0.333 e. The zero-order valence-electron chi connectivity index (χ0n) is 17.0. The average molecular weight is 453 g/mol. The van der Waals surface area contributed by atoms with E-state index in [9.17, 15) is 18.8 Å². The lowest BCUT2D eigenvalue weighted by atomic mass is 10.1. The number of aromatic nitrogens is 3. The Morgan fingerprint density at radius 2 is 1.84 bits per heavy atom. The van der Waals surface area contributed by atoms with Gasteiger partial charge in [-0.05, 0) is 42.8 Å². The summed E-state index contributed by atoms with van der Waals surface area (Å²) in [5, 5.41) is 2.81. The van der Waals surface area contributed by atoms with Crippen molar-refractivity contribution in [2.75, 3.05) is 5.32 Å². The van der Waals surface area contributed by atoms with Crippen LogP contribution in [0, 0.1) is 12.7 Å². The second-order valence-corrected chi connectivity index (χ2v) is 7.73. The van der Waals surface area contributed by atoms with Gasteiger partial charge < -0.3 is 5.32 Å². The maximum Gasteiger partial charge on any atom is 0.333 e. The SMILES string of the molecule is Cc1ccc(Cn2c(=O)c3cccnc3n(CC(=O)Nc3ccc(Cl)cc3F)c2=O)cc1. The van der Waals surface area contributed by atoms with Crippen LogP contribution in [0.2, 0.25) is 5.02 Å². The van der Waals surface area contributed by atoms with Gasteiger partial charge in [-0.2, -0.15) is 0 Å². The fourth-order valence-corrected chi connectivity index (χ4v) is 3.49. The fourth-order valence-electron chi connectivity index (χ4n) is 3.33. The first-order valence-corrected chi connectivity index (χ1v) is 10.1. The fraction of sp³-hybridized carbons (Fsp3) is 0.130. The summed E-state index contributed by atoms with van der Waals surface area (Å²) in [6.45, 7) is 1.52. The van der Waals surface area contributed by atoms with Crippen LogP contribution in [0.1, 0.15) is 11.1 Å². The van der Waals surface area contributed by atoms with E-state index in [2.05, 4.69) is 10.3 Å². The Bertz CT molecular complexity index is 1440. The van der Waals surface area contributed by atoms with Crippen molar-refractivity contribution in [1.82, 2.24) is 14.1 Å². The summed E-state index contributed by atoms with van der Waals surface area (Å²) in [6.07, 6.45) is 1.43. The number of anilines is 1. The highest BCUT2D eigenvalue weighted by Crippen LogP contribution is 2.19. The Morgan fingerprint density at radius 3 is 2.56 bits per heavy atom. The molecule has 7 nitrogen and oxygen atoms in total. The third-order valence-corrected chi connectivity index (χ3v) is 5.18. The van der Waals surface area contributed by atoms with Crippen LogP contribution in [0.4, 0.5) is 10.1 Å². The molecule has 0 unspecified atom stereocenters. The molecular weight excluding hydrogens is 435 g/mol. The summed E-state index contributed by atoms with van der Waals surface area (Å²) >= 11 is 5.74. The molecule has 9 heteroatoms. The summed E-state index contributed by atoms with van der Waals surface area (Å²) in [4.78, 5) is 42.9. The standard InChI is InChI=1S/C23H18ClFN4O3/c1-14-4-6-15(7-5-14)12-29-22(31)17-3-2-10-26-21(17)28(23(29)32)13-20(30)27-19-9-8-16(24)11-18(19)25/h2-11H,12-13H2,1H3,(H,27,30). The molecule has 0 aliphatic rings. The van der Waals surface area contributed by atoms with E-state index in [0.29, 0.717) is 0 Å². The molecule has 0 aliphatic heterocycles. The van der Waals surface area contributed by atoms with Crippen LogP contribution in [-0.2, 0) is 17.9 Å². The molecule has 32 heavy (non-hydrogen) atoms. The summed E-state index contributed by atoms with van der Waals surface area (Å²) in [5.41, 5.74) is 0.629. The molecule has 4 aromatic rings. The first kappa shape index (κ1) is 21.5. The van der Waals surface area contributed by atoms with Gasteiger partial charge in [0.05, 0.1) is 17.6 Å². The monoisotopic (exact) mass is 452 g/mol. The number of rotatable bonds is 5. The van der Waals surface area contributed by atoms with Crippen LogP contribution >= 0.6 is 11.6 Å². The number of benzene rings is 2. The minimum Gasteiger partial charge on any atom is -0.322 e. The van der Waals surface area contributed by atoms with Crippen LogP contribution in [0.3, 0.4) is 0 Å². The number of carbonyl (C=O) groups excluding carboxylic acids is 1. The molecule has 4 rings (SSSR count). The number of nitrogens with zero attached hydrogens (tertiary/aromatic N) is 3. The highest BCUT2D eigenvalue weighted by molar-refractivity contribution is 6.30. The number of amides is 1. The predicted octanol–water partition coefficient (Wildman–Crippen LogP) is 3.35. The number of aryl methyl sites for hydroxylation is 1. The van der Waals surface area contributed by atoms with Crippen molar-refractivity contribution in [3.63, 3.8) is 0 Å². The summed E-state index contributed by atoms with van der Waals surface area (Å²) in [7, 11) is 0. The van der Waals surface area contributed by atoms with E-state index in [1.54, 1.807) is 12.1 Å². The van der Waals surface area contributed by atoms with Gasteiger partial charge in [-0.1, -0.05) is 41.4 Å². The van der Waals surface area contributed by atoms with Gasteiger partial charge in [-0.3, -0.25) is 18.7 Å². The highest BCUT2D eigenvalue weighted by atomic mass is 35.5. The smallest absolute Gasteiger partial charge is 0.322 e. The number of hydrogen-bond donors (Lipinski definition) is 1. The zero-order valence-corrected chi connectivity index (χ0v) is 17.8. The molecule has 1 N–H and O–H groups in total. The van der Waals surface area contributed by atoms with E-state index >= 15 is 0 Å². The topological polar surface area (TPSA) is 86.0 Å². The number of hydrogen-bond acceptors (Lipinski definition) is 4. The highest BCUT2D eigenvalue weighted by Gasteiger charge is 2.17. The second kappa shape index (κ2) is 8.76. The number of halogens is 2. The number of carbonyl (C=O) groups is 1.